The minimum absolute atomic E-state index is 0.422. The maximum atomic E-state index is 6.24. The van der Waals surface area contributed by atoms with Gasteiger partial charge in [0.2, 0.25) is 8.32 Å². The highest BCUT2D eigenvalue weighted by atomic mass is 35.5. The lowest BCUT2D eigenvalue weighted by Gasteiger charge is -2.30. The van der Waals surface area contributed by atoms with Gasteiger partial charge in [0.05, 0.1) is 8.80 Å². The quantitative estimate of drug-likeness (QED) is 0.511. The van der Waals surface area contributed by atoms with Crippen molar-refractivity contribution < 1.29 is 4.43 Å². The Bertz CT molecular complexity index is 343. The maximum absolute atomic E-state index is 6.24. The van der Waals surface area contributed by atoms with Crippen molar-refractivity contribution in [3.63, 3.8) is 0 Å². The molecule has 0 aliphatic heterocycles. The summed E-state index contributed by atoms with van der Waals surface area (Å²) < 4.78 is 6.24. The average Bonchev–Trinajstić information content (AvgIpc) is 2.35. The Labute approximate surface area is 119 Å². The van der Waals surface area contributed by atoms with Crippen molar-refractivity contribution in [2.75, 3.05) is 5.50 Å². The zero-order valence-electron chi connectivity index (χ0n) is 11.9. The smallest absolute Gasteiger partial charge is 0.245 e. The molecule has 0 heterocycles. The lowest BCUT2D eigenvalue weighted by atomic mass is 10.3. The van der Waals surface area contributed by atoms with Crippen LogP contribution in [-0.2, 0) is 0 Å². The third kappa shape index (κ3) is 5.16. The van der Waals surface area contributed by atoms with Crippen molar-refractivity contribution in [3.8, 4) is 5.75 Å². The van der Waals surface area contributed by atoms with E-state index in [1.165, 1.54) is 12.5 Å². The van der Waals surface area contributed by atoms with Crippen molar-refractivity contribution >= 4 is 28.7 Å². The molecule has 1 rings (SSSR count). The van der Waals surface area contributed by atoms with Crippen molar-refractivity contribution in [2.24, 2.45) is 0 Å². The van der Waals surface area contributed by atoms with Crippen molar-refractivity contribution in [2.45, 2.75) is 44.6 Å². The third-order valence-electron chi connectivity index (χ3n) is 3.28. The summed E-state index contributed by atoms with van der Waals surface area (Å²) in [5, 5.41) is 0. The first-order chi connectivity index (χ1) is 8.48. The summed E-state index contributed by atoms with van der Waals surface area (Å²) in [6.07, 6.45) is 1.23. The minimum Gasteiger partial charge on any atom is -0.544 e. The van der Waals surface area contributed by atoms with Gasteiger partial charge >= 0.3 is 0 Å². The maximum Gasteiger partial charge on any atom is 0.245 e. The van der Waals surface area contributed by atoms with Gasteiger partial charge in [-0.1, -0.05) is 38.1 Å². The normalized spacial score (nSPS) is 13.7. The van der Waals surface area contributed by atoms with Gasteiger partial charge in [-0.15, -0.1) is 11.6 Å². The number of benzene rings is 1. The van der Waals surface area contributed by atoms with E-state index in [0.29, 0.717) is 0 Å². The van der Waals surface area contributed by atoms with Gasteiger partial charge in [0, 0.05) is 5.50 Å². The summed E-state index contributed by atoms with van der Waals surface area (Å²) >= 11 is 6.03. The van der Waals surface area contributed by atoms with Gasteiger partial charge in [-0.25, -0.2) is 0 Å². The van der Waals surface area contributed by atoms with Gasteiger partial charge in [0.25, 0.3) is 0 Å². The molecule has 0 amide bonds. The van der Waals surface area contributed by atoms with Crippen LogP contribution in [0, 0.1) is 0 Å². The second-order valence-corrected chi connectivity index (χ2v) is 13.2. The van der Waals surface area contributed by atoms with E-state index in [4.69, 9.17) is 16.0 Å². The van der Waals surface area contributed by atoms with Crippen LogP contribution < -0.4 is 4.43 Å². The predicted molar refractivity (Wildman–Crippen MR) is 85.7 cm³/mol. The molecule has 0 bridgehead atoms. The second kappa shape index (κ2) is 7.36. The number of alkyl halides is 1. The largest absolute Gasteiger partial charge is 0.544 e. The van der Waals surface area contributed by atoms with E-state index in [-0.39, 0.29) is 0 Å². The fourth-order valence-electron chi connectivity index (χ4n) is 2.22. The topological polar surface area (TPSA) is 9.23 Å². The number of halogens is 1. The number of rotatable bonds is 7. The van der Waals surface area contributed by atoms with Gasteiger partial charge in [0.1, 0.15) is 5.75 Å². The zero-order valence-corrected chi connectivity index (χ0v) is 14.6. The standard InChI is InChI=1S/C14H24ClOSi2/c1-5-14(17(2)12-15)11-18(3,4)16-13-9-7-6-8-10-13/h6-10,14H,5,11-12H2,1-4H3. The molecule has 101 valence electrons. The SMILES string of the molecule is CCC(C[Si](C)(C)Oc1ccccc1)[Si](C)CCl. The van der Waals surface area contributed by atoms with Crippen LogP contribution in [0.15, 0.2) is 30.3 Å². The Morgan fingerprint density at radius 1 is 1.28 bits per heavy atom. The van der Waals surface area contributed by atoms with Gasteiger partial charge in [-0.3, -0.25) is 0 Å². The van der Waals surface area contributed by atoms with Crippen LogP contribution >= 0.6 is 11.6 Å². The summed E-state index contributed by atoms with van der Waals surface area (Å²) in [6.45, 7) is 9.25. The Hall–Kier alpha value is -0.256. The molecular formula is C14H24ClOSi2. The Morgan fingerprint density at radius 2 is 1.89 bits per heavy atom. The van der Waals surface area contributed by atoms with Crippen LogP contribution in [0.25, 0.3) is 0 Å². The number of hydrogen-bond donors (Lipinski definition) is 0. The second-order valence-electron chi connectivity index (χ2n) is 5.46. The summed E-state index contributed by atoms with van der Waals surface area (Å²) in [5.74, 6) is 1.01. The van der Waals surface area contributed by atoms with Gasteiger partial charge in [0.15, 0.2) is 0 Å². The first-order valence-electron chi connectivity index (χ1n) is 6.61. The van der Waals surface area contributed by atoms with Crippen LogP contribution in [-0.4, -0.2) is 22.6 Å². The summed E-state index contributed by atoms with van der Waals surface area (Å²) in [6, 6.07) is 11.4. The molecule has 1 unspecified atom stereocenters. The molecule has 1 aromatic rings. The van der Waals surface area contributed by atoms with E-state index in [2.05, 4.69) is 38.7 Å². The molecule has 0 aromatic heterocycles. The molecule has 4 heteroatoms. The fraction of sp³-hybridized carbons (Fsp3) is 0.571. The number of hydrogen-bond acceptors (Lipinski definition) is 1. The lowest BCUT2D eigenvalue weighted by Crippen LogP contribution is -2.38. The van der Waals surface area contributed by atoms with Crippen molar-refractivity contribution in [1.29, 1.82) is 0 Å². The monoisotopic (exact) mass is 299 g/mol. The first kappa shape index (κ1) is 15.8. The van der Waals surface area contributed by atoms with E-state index in [9.17, 15) is 0 Å². The average molecular weight is 300 g/mol. The van der Waals surface area contributed by atoms with Gasteiger partial charge in [-0.05, 0) is 36.8 Å². The molecule has 1 aromatic carbocycles. The molecule has 0 spiro atoms. The number of para-hydroxylation sites is 1. The molecule has 1 radical (unpaired) electrons. The molecule has 0 saturated heterocycles. The van der Waals surface area contributed by atoms with E-state index in [1.54, 1.807) is 0 Å². The highest BCUT2D eigenvalue weighted by molar-refractivity contribution is 6.75. The molecule has 0 aliphatic carbocycles. The first-order valence-corrected chi connectivity index (χ1v) is 12.5. The lowest BCUT2D eigenvalue weighted by molar-refractivity contribution is 0.541. The predicted octanol–water partition coefficient (Wildman–Crippen LogP) is 4.95. The van der Waals surface area contributed by atoms with Crippen LogP contribution in [0.2, 0.25) is 31.2 Å². The molecule has 0 saturated carbocycles. The van der Waals surface area contributed by atoms with E-state index in [0.717, 1.165) is 16.8 Å². The minimum atomic E-state index is -1.64. The third-order valence-corrected chi connectivity index (χ3v) is 9.64. The van der Waals surface area contributed by atoms with Crippen molar-refractivity contribution in [3.05, 3.63) is 30.3 Å². The molecule has 0 aliphatic rings. The van der Waals surface area contributed by atoms with Crippen LogP contribution in [0.5, 0.6) is 5.75 Å². The molecule has 0 fully saturated rings. The van der Waals surface area contributed by atoms with Crippen LogP contribution in [0.3, 0.4) is 0 Å². The molecule has 18 heavy (non-hydrogen) atoms. The Morgan fingerprint density at radius 3 is 2.39 bits per heavy atom. The van der Waals surface area contributed by atoms with Crippen LogP contribution in [0.1, 0.15) is 13.3 Å². The van der Waals surface area contributed by atoms with E-state index in [1.807, 2.05) is 18.2 Å². The van der Waals surface area contributed by atoms with Crippen molar-refractivity contribution in [1.82, 2.24) is 0 Å². The van der Waals surface area contributed by atoms with Gasteiger partial charge < -0.3 is 4.43 Å². The summed E-state index contributed by atoms with van der Waals surface area (Å²) in [7, 11) is -2.06. The van der Waals surface area contributed by atoms with E-state index < -0.39 is 17.1 Å². The Kier molecular flexibility index (Phi) is 6.46. The highest BCUT2D eigenvalue weighted by Crippen LogP contribution is 2.30. The van der Waals surface area contributed by atoms with E-state index >= 15 is 0 Å². The fourth-order valence-corrected chi connectivity index (χ4v) is 8.99. The Balaban J connectivity index is 2.63. The molecule has 1 nitrogen and oxygen atoms in total. The molecular weight excluding hydrogens is 276 g/mol. The van der Waals surface area contributed by atoms with Crippen LogP contribution in [0.4, 0.5) is 0 Å². The van der Waals surface area contributed by atoms with Gasteiger partial charge in [-0.2, -0.15) is 0 Å². The summed E-state index contributed by atoms with van der Waals surface area (Å²) in [4.78, 5) is 0. The molecule has 1 atom stereocenters. The summed E-state index contributed by atoms with van der Waals surface area (Å²) in [5.41, 5.74) is 1.62. The highest BCUT2D eigenvalue weighted by Gasteiger charge is 2.31. The zero-order chi connectivity index (χ0) is 13.6. The molecule has 0 N–H and O–H groups in total.